The van der Waals surface area contributed by atoms with Crippen molar-refractivity contribution in [3.63, 3.8) is 0 Å². The molecule has 1 N–H and O–H groups in total. The molecule has 2 rings (SSSR count). The van der Waals surface area contributed by atoms with E-state index in [0.717, 1.165) is 0 Å². The second kappa shape index (κ2) is 9.48. The van der Waals surface area contributed by atoms with Gasteiger partial charge in [-0.05, 0) is 37.3 Å². The fourth-order valence-corrected chi connectivity index (χ4v) is 3.21. The molecule has 0 fully saturated rings. The Morgan fingerprint density at radius 1 is 1.27 bits per heavy atom. The summed E-state index contributed by atoms with van der Waals surface area (Å²) in [4.78, 5) is 24.7. The quantitative estimate of drug-likeness (QED) is 0.560. The summed E-state index contributed by atoms with van der Waals surface area (Å²) in [6, 6.07) is 13.5. The fraction of sp³-hybridized carbons (Fsp3) is 0.167. The zero-order chi connectivity index (χ0) is 19.1. The molecular weight excluding hydrogens is 395 g/mol. The number of halogens is 2. The predicted molar refractivity (Wildman–Crippen MR) is 103 cm³/mol. The van der Waals surface area contributed by atoms with Gasteiger partial charge in [-0.15, -0.1) is 11.8 Å². The molecule has 1 amide bonds. The highest BCUT2D eigenvalue weighted by molar-refractivity contribution is 8.00. The van der Waals surface area contributed by atoms with Crippen LogP contribution in [0.2, 0.25) is 10.0 Å². The lowest BCUT2D eigenvalue weighted by atomic mass is 10.2. The molecule has 5 nitrogen and oxygen atoms in total. The minimum atomic E-state index is -1.01. The van der Waals surface area contributed by atoms with E-state index >= 15 is 0 Å². The highest BCUT2D eigenvalue weighted by Crippen LogP contribution is 2.29. The van der Waals surface area contributed by atoms with Crippen LogP contribution in [0.15, 0.2) is 47.4 Å². The van der Waals surface area contributed by atoms with Crippen LogP contribution in [0.3, 0.4) is 0 Å². The van der Waals surface area contributed by atoms with Crippen molar-refractivity contribution in [2.24, 2.45) is 0 Å². The lowest BCUT2D eigenvalue weighted by Gasteiger charge is -2.14. The Bertz CT molecular complexity index is 868. The molecule has 0 unspecified atom stereocenters. The third kappa shape index (κ3) is 5.67. The summed E-state index contributed by atoms with van der Waals surface area (Å²) >= 11 is 13.1. The normalized spacial score (nSPS) is 11.3. The van der Waals surface area contributed by atoms with Crippen molar-refractivity contribution in [1.29, 1.82) is 5.26 Å². The first-order valence-corrected chi connectivity index (χ1v) is 9.22. The van der Waals surface area contributed by atoms with Crippen molar-refractivity contribution in [3.8, 4) is 6.07 Å². The first-order chi connectivity index (χ1) is 12.4. The number of nitriles is 1. The standard InChI is InChI=1S/C18H14Cl2N2O3S/c1-11(18(24)22-15-5-3-2-4-12(15)9-21)25-17(23)10-26-16-8-13(19)6-7-14(16)20/h2-8,11H,10H2,1H3,(H,22,24)/t11-/m0/s1. The number of para-hydroxylation sites is 1. The molecule has 0 aliphatic rings. The van der Waals surface area contributed by atoms with E-state index in [9.17, 15) is 9.59 Å². The van der Waals surface area contributed by atoms with Crippen LogP contribution in [0.5, 0.6) is 0 Å². The SMILES string of the molecule is C[C@H](OC(=O)CSc1cc(Cl)ccc1Cl)C(=O)Nc1ccccc1C#N. The van der Waals surface area contributed by atoms with Gasteiger partial charge in [0.05, 0.1) is 22.0 Å². The van der Waals surface area contributed by atoms with E-state index in [1.807, 2.05) is 6.07 Å². The number of carbonyl (C=O) groups is 2. The molecule has 26 heavy (non-hydrogen) atoms. The van der Waals surface area contributed by atoms with Crippen LogP contribution >= 0.6 is 35.0 Å². The molecule has 134 valence electrons. The molecule has 0 aliphatic carbocycles. The summed E-state index contributed by atoms with van der Waals surface area (Å²) in [6.45, 7) is 1.46. The molecule has 0 saturated carbocycles. The predicted octanol–water partition coefficient (Wildman–Crippen LogP) is 4.53. The van der Waals surface area contributed by atoms with Crippen LogP contribution in [-0.4, -0.2) is 23.7 Å². The van der Waals surface area contributed by atoms with Gasteiger partial charge in [0.2, 0.25) is 0 Å². The van der Waals surface area contributed by atoms with E-state index < -0.39 is 18.0 Å². The lowest BCUT2D eigenvalue weighted by molar-refractivity contribution is -0.150. The first kappa shape index (κ1) is 20.1. The second-order valence-corrected chi connectivity index (χ2v) is 7.00. The molecule has 0 radical (unpaired) electrons. The van der Waals surface area contributed by atoms with Gasteiger partial charge < -0.3 is 10.1 Å². The number of anilines is 1. The summed E-state index contributed by atoms with van der Waals surface area (Å²) in [5.74, 6) is -1.11. The van der Waals surface area contributed by atoms with Crippen molar-refractivity contribution in [1.82, 2.24) is 0 Å². The molecular formula is C18H14Cl2N2O3S. The maximum atomic E-state index is 12.1. The molecule has 2 aromatic carbocycles. The molecule has 0 saturated heterocycles. The van der Waals surface area contributed by atoms with Crippen LogP contribution in [0.25, 0.3) is 0 Å². The summed E-state index contributed by atoms with van der Waals surface area (Å²) in [5, 5.41) is 12.6. The van der Waals surface area contributed by atoms with Crippen molar-refractivity contribution in [3.05, 3.63) is 58.1 Å². The molecule has 0 aromatic heterocycles. The first-order valence-electron chi connectivity index (χ1n) is 7.48. The molecule has 1 atom stereocenters. The van der Waals surface area contributed by atoms with Crippen molar-refractivity contribution in [2.45, 2.75) is 17.9 Å². The number of benzene rings is 2. The molecule has 2 aromatic rings. The lowest BCUT2D eigenvalue weighted by Crippen LogP contribution is -2.30. The monoisotopic (exact) mass is 408 g/mol. The summed E-state index contributed by atoms with van der Waals surface area (Å²) in [6.07, 6.45) is -1.01. The Morgan fingerprint density at radius 2 is 2.00 bits per heavy atom. The van der Waals surface area contributed by atoms with Gasteiger partial charge in [-0.3, -0.25) is 9.59 Å². The minimum absolute atomic E-state index is 0.0214. The number of esters is 1. The van der Waals surface area contributed by atoms with E-state index in [4.69, 9.17) is 33.2 Å². The molecule has 8 heteroatoms. The van der Waals surface area contributed by atoms with Gasteiger partial charge in [-0.25, -0.2) is 0 Å². The van der Waals surface area contributed by atoms with E-state index in [1.54, 1.807) is 42.5 Å². The largest absolute Gasteiger partial charge is 0.452 e. The highest BCUT2D eigenvalue weighted by atomic mass is 35.5. The van der Waals surface area contributed by atoms with E-state index in [1.165, 1.54) is 18.7 Å². The van der Waals surface area contributed by atoms with Gasteiger partial charge in [0, 0.05) is 9.92 Å². The Hall–Kier alpha value is -2.20. The van der Waals surface area contributed by atoms with Crippen molar-refractivity contribution in [2.75, 3.05) is 11.1 Å². The Morgan fingerprint density at radius 3 is 2.73 bits per heavy atom. The van der Waals surface area contributed by atoms with Gasteiger partial charge in [0.15, 0.2) is 6.10 Å². The topological polar surface area (TPSA) is 79.2 Å². The molecule has 0 aliphatic heterocycles. The molecule has 0 bridgehead atoms. The van der Waals surface area contributed by atoms with Gasteiger partial charge in [0.25, 0.3) is 5.91 Å². The Balaban J connectivity index is 1.89. The number of rotatable bonds is 6. The number of hydrogen-bond donors (Lipinski definition) is 1. The van der Waals surface area contributed by atoms with Gasteiger partial charge >= 0.3 is 5.97 Å². The van der Waals surface area contributed by atoms with Gasteiger partial charge in [-0.1, -0.05) is 35.3 Å². The number of carbonyl (C=O) groups excluding carboxylic acids is 2. The van der Waals surface area contributed by atoms with Crippen LogP contribution in [0, 0.1) is 11.3 Å². The Kier molecular flexibility index (Phi) is 7.34. The Labute approximate surface area is 165 Å². The van der Waals surface area contributed by atoms with E-state index in [-0.39, 0.29) is 5.75 Å². The maximum Gasteiger partial charge on any atom is 0.317 e. The minimum Gasteiger partial charge on any atom is -0.452 e. The van der Waals surface area contributed by atoms with Crippen LogP contribution in [0.1, 0.15) is 12.5 Å². The van der Waals surface area contributed by atoms with Gasteiger partial charge in [0.1, 0.15) is 6.07 Å². The summed E-state index contributed by atoms with van der Waals surface area (Å²) in [7, 11) is 0. The average Bonchev–Trinajstić information content (AvgIpc) is 2.62. The zero-order valence-electron chi connectivity index (χ0n) is 13.7. The van der Waals surface area contributed by atoms with Crippen molar-refractivity contribution >= 4 is 52.5 Å². The smallest absolute Gasteiger partial charge is 0.317 e. The highest BCUT2D eigenvalue weighted by Gasteiger charge is 2.19. The number of hydrogen-bond acceptors (Lipinski definition) is 5. The van der Waals surface area contributed by atoms with E-state index in [2.05, 4.69) is 5.32 Å². The maximum absolute atomic E-state index is 12.1. The third-order valence-electron chi connectivity index (χ3n) is 3.22. The number of thioether (sulfide) groups is 1. The number of nitrogens with zero attached hydrogens (tertiary/aromatic N) is 1. The number of amides is 1. The number of ether oxygens (including phenoxy) is 1. The third-order valence-corrected chi connectivity index (χ3v) is 4.93. The summed E-state index contributed by atoms with van der Waals surface area (Å²) < 4.78 is 5.12. The number of nitrogens with one attached hydrogen (secondary N) is 1. The van der Waals surface area contributed by atoms with Crippen molar-refractivity contribution < 1.29 is 14.3 Å². The summed E-state index contributed by atoms with van der Waals surface area (Å²) in [5.41, 5.74) is 0.688. The van der Waals surface area contributed by atoms with E-state index in [0.29, 0.717) is 26.2 Å². The fourth-order valence-electron chi connectivity index (χ4n) is 1.93. The zero-order valence-corrected chi connectivity index (χ0v) is 16.0. The van der Waals surface area contributed by atoms with Crippen LogP contribution in [-0.2, 0) is 14.3 Å². The molecule has 0 spiro atoms. The second-order valence-electron chi connectivity index (χ2n) is 5.14. The van der Waals surface area contributed by atoms with Crippen LogP contribution in [0.4, 0.5) is 5.69 Å². The molecule has 0 heterocycles. The van der Waals surface area contributed by atoms with Gasteiger partial charge in [-0.2, -0.15) is 5.26 Å². The van der Waals surface area contributed by atoms with Crippen LogP contribution < -0.4 is 5.32 Å². The average molecular weight is 409 g/mol.